The minimum absolute atomic E-state index is 0.110. The molecule has 4 N–H and O–H groups in total. The van der Waals surface area contributed by atoms with E-state index in [1.807, 2.05) is 26.0 Å². The summed E-state index contributed by atoms with van der Waals surface area (Å²) in [6.07, 6.45) is 2.18. The fourth-order valence-electron chi connectivity index (χ4n) is 4.32. The van der Waals surface area contributed by atoms with E-state index in [4.69, 9.17) is 5.41 Å². The van der Waals surface area contributed by atoms with Gasteiger partial charge in [0, 0.05) is 23.7 Å². The maximum Gasteiger partial charge on any atom is 0.224 e. The summed E-state index contributed by atoms with van der Waals surface area (Å²) in [5, 5.41) is 18.6. The van der Waals surface area contributed by atoms with Crippen molar-refractivity contribution in [3.63, 3.8) is 0 Å². The third kappa shape index (κ3) is 2.51. The number of rotatable bonds is 4. The first-order valence-corrected chi connectivity index (χ1v) is 8.97. The van der Waals surface area contributed by atoms with Crippen molar-refractivity contribution in [2.45, 2.75) is 32.2 Å². The summed E-state index contributed by atoms with van der Waals surface area (Å²) in [7, 11) is 0. The Morgan fingerprint density at radius 3 is 2.79 bits per heavy atom. The number of carbonyl (C=O) groups is 1. The van der Waals surface area contributed by atoms with Crippen LogP contribution in [0.25, 0.3) is 0 Å². The maximum absolute atomic E-state index is 12.6. The molecule has 1 aromatic rings. The summed E-state index contributed by atoms with van der Waals surface area (Å²) in [5.74, 6) is 1.25. The van der Waals surface area contributed by atoms with Gasteiger partial charge in [0.2, 0.25) is 5.91 Å². The second kappa shape index (κ2) is 5.59. The molecule has 0 radical (unpaired) electrons. The summed E-state index contributed by atoms with van der Waals surface area (Å²) in [4.78, 5) is 12.6. The van der Waals surface area contributed by atoms with Gasteiger partial charge in [-0.05, 0) is 57.2 Å². The first kappa shape index (κ1) is 15.6. The standard InChI is InChI=1S/C19H26N4O/c1-19(2,23-18(24)15-13-9-21-10-14(13)15)17(20)12-7-3-5-11-6-4-8-22-16(11)12/h3,5,7,13-15,20-22H,4,6,8-10H2,1-2H3,(H,23,24)/t13-,14?,15?/m1/s1. The van der Waals surface area contributed by atoms with Crippen molar-refractivity contribution in [1.82, 2.24) is 10.6 Å². The van der Waals surface area contributed by atoms with Gasteiger partial charge in [-0.25, -0.2) is 0 Å². The van der Waals surface area contributed by atoms with E-state index in [0.717, 1.165) is 43.7 Å². The third-order valence-electron chi connectivity index (χ3n) is 5.80. The number of benzene rings is 1. The van der Waals surface area contributed by atoms with Crippen molar-refractivity contribution >= 4 is 17.3 Å². The fraction of sp³-hybridized carbons (Fsp3) is 0.579. The molecule has 4 rings (SSSR count). The number of anilines is 1. The predicted molar refractivity (Wildman–Crippen MR) is 95.6 cm³/mol. The molecule has 0 bridgehead atoms. The highest BCUT2D eigenvalue weighted by Gasteiger charge is 2.57. The minimum atomic E-state index is -0.671. The number of nitrogens with one attached hydrogen (secondary N) is 4. The fourth-order valence-corrected chi connectivity index (χ4v) is 4.32. The number of para-hydroxylation sites is 1. The molecule has 5 nitrogen and oxygen atoms in total. The van der Waals surface area contributed by atoms with E-state index in [-0.39, 0.29) is 11.8 Å². The molecule has 128 valence electrons. The quantitative estimate of drug-likeness (QED) is 0.637. The van der Waals surface area contributed by atoms with Crippen LogP contribution in [0.5, 0.6) is 0 Å². The number of hydrogen-bond acceptors (Lipinski definition) is 4. The van der Waals surface area contributed by atoms with Crippen LogP contribution in [0.15, 0.2) is 18.2 Å². The van der Waals surface area contributed by atoms with Gasteiger partial charge < -0.3 is 21.4 Å². The topological polar surface area (TPSA) is 77.0 Å². The molecule has 5 heteroatoms. The molecule has 2 heterocycles. The number of carbonyl (C=O) groups excluding carboxylic acids is 1. The summed E-state index contributed by atoms with van der Waals surface area (Å²) in [6, 6.07) is 6.13. The lowest BCUT2D eigenvalue weighted by Crippen LogP contribution is -2.51. The van der Waals surface area contributed by atoms with E-state index >= 15 is 0 Å². The molecule has 0 aromatic heterocycles. The highest BCUT2D eigenvalue weighted by molar-refractivity contribution is 6.10. The number of piperidine rings is 1. The Balaban J connectivity index is 1.52. The van der Waals surface area contributed by atoms with Crippen molar-refractivity contribution in [1.29, 1.82) is 5.41 Å². The highest BCUT2D eigenvalue weighted by atomic mass is 16.2. The molecule has 2 fully saturated rings. The molecule has 1 aliphatic carbocycles. The third-order valence-corrected chi connectivity index (χ3v) is 5.80. The molecule has 24 heavy (non-hydrogen) atoms. The molecule has 1 saturated heterocycles. The lowest BCUT2D eigenvalue weighted by molar-refractivity contribution is -0.124. The van der Waals surface area contributed by atoms with E-state index in [2.05, 4.69) is 22.0 Å². The van der Waals surface area contributed by atoms with Gasteiger partial charge in [0.1, 0.15) is 0 Å². The molecular formula is C19H26N4O. The Morgan fingerprint density at radius 1 is 1.29 bits per heavy atom. The number of aryl methyl sites for hydroxylation is 1. The van der Waals surface area contributed by atoms with Gasteiger partial charge in [-0.2, -0.15) is 0 Å². The number of amides is 1. The van der Waals surface area contributed by atoms with Gasteiger partial charge >= 0.3 is 0 Å². The van der Waals surface area contributed by atoms with E-state index in [0.29, 0.717) is 17.5 Å². The van der Waals surface area contributed by atoms with Gasteiger partial charge in [0.15, 0.2) is 0 Å². The smallest absolute Gasteiger partial charge is 0.224 e. The van der Waals surface area contributed by atoms with Crippen molar-refractivity contribution in [2.24, 2.45) is 17.8 Å². The highest BCUT2D eigenvalue weighted by Crippen LogP contribution is 2.48. The average molecular weight is 326 g/mol. The Labute approximate surface area is 143 Å². The Kier molecular flexibility index (Phi) is 3.64. The van der Waals surface area contributed by atoms with E-state index in [9.17, 15) is 4.79 Å². The molecule has 1 saturated carbocycles. The van der Waals surface area contributed by atoms with Crippen molar-refractivity contribution in [3.8, 4) is 0 Å². The summed E-state index contributed by atoms with van der Waals surface area (Å²) < 4.78 is 0. The molecule has 1 amide bonds. The first-order valence-electron chi connectivity index (χ1n) is 8.97. The Hall–Kier alpha value is -1.88. The maximum atomic E-state index is 12.6. The van der Waals surface area contributed by atoms with Crippen LogP contribution in [0, 0.1) is 23.2 Å². The number of hydrogen-bond donors (Lipinski definition) is 4. The van der Waals surface area contributed by atoms with Crippen LogP contribution in [0.1, 0.15) is 31.4 Å². The molecular weight excluding hydrogens is 300 g/mol. The lowest BCUT2D eigenvalue weighted by atomic mass is 9.88. The molecule has 2 unspecified atom stereocenters. The van der Waals surface area contributed by atoms with E-state index < -0.39 is 5.54 Å². The minimum Gasteiger partial charge on any atom is -0.384 e. The average Bonchev–Trinajstić information content (AvgIpc) is 3.06. The van der Waals surface area contributed by atoms with Gasteiger partial charge in [0.05, 0.1) is 11.3 Å². The van der Waals surface area contributed by atoms with Gasteiger partial charge in [-0.15, -0.1) is 0 Å². The summed E-state index contributed by atoms with van der Waals surface area (Å²) >= 11 is 0. The van der Waals surface area contributed by atoms with Crippen molar-refractivity contribution in [2.75, 3.05) is 25.0 Å². The van der Waals surface area contributed by atoms with Gasteiger partial charge in [-0.3, -0.25) is 4.79 Å². The van der Waals surface area contributed by atoms with Crippen LogP contribution in [-0.4, -0.2) is 36.8 Å². The molecule has 3 atom stereocenters. The molecule has 3 aliphatic rings. The SMILES string of the molecule is CC(C)(NC(=O)C1C2CNC[C@H]21)C(=N)c1cccc2c1NCCC2. The lowest BCUT2D eigenvalue weighted by Gasteiger charge is -2.30. The Morgan fingerprint density at radius 2 is 2.04 bits per heavy atom. The second-order valence-corrected chi connectivity index (χ2v) is 7.87. The molecule has 2 aliphatic heterocycles. The molecule has 0 spiro atoms. The molecule has 1 aromatic carbocycles. The summed E-state index contributed by atoms with van der Waals surface area (Å²) in [5.41, 5.74) is 3.06. The normalized spacial score (nSPS) is 27.7. The van der Waals surface area contributed by atoms with E-state index in [1.165, 1.54) is 5.56 Å². The van der Waals surface area contributed by atoms with Crippen LogP contribution in [0.3, 0.4) is 0 Å². The summed E-state index contributed by atoms with van der Waals surface area (Å²) in [6.45, 7) is 6.73. The Bertz CT molecular complexity index is 687. The van der Waals surface area contributed by atoms with Crippen LogP contribution < -0.4 is 16.0 Å². The monoisotopic (exact) mass is 326 g/mol. The number of fused-ring (bicyclic) bond motifs is 2. The zero-order chi connectivity index (χ0) is 16.9. The zero-order valence-corrected chi connectivity index (χ0v) is 14.4. The van der Waals surface area contributed by atoms with Crippen LogP contribution in [0.2, 0.25) is 0 Å². The van der Waals surface area contributed by atoms with Crippen LogP contribution >= 0.6 is 0 Å². The van der Waals surface area contributed by atoms with Crippen LogP contribution in [0.4, 0.5) is 5.69 Å². The second-order valence-electron chi connectivity index (χ2n) is 7.87. The largest absolute Gasteiger partial charge is 0.384 e. The zero-order valence-electron chi connectivity index (χ0n) is 14.4. The van der Waals surface area contributed by atoms with Gasteiger partial charge in [0.25, 0.3) is 0 Å². The van der Waals surface area contributed by atoms with Crippen molar-refractivity contribution in [3.05, 3.63) is 29.3 Å². The van der Waals surface area contributed by atoms with Gasteiger partial charge in [-0.1, -0.05) is 18.2 Å². The van der Waals surface area contributed by atoms with E-state index in [1.54, 1.807) is 0 Å². The van der Waals surface area contributed by atoms with Crippen LogP contribution in [-0.2, 0) is 11.2 Å². The first-order chi connectivity index (χ1) is 11.5. The predicted octanol–water partition coefficient (Wildman–Crippen LogP) is 1.77. The van der Waals surface area contributed by atoms with Crippen molar-refractivity contribution < 1.29 is 4.79 Å².